The molecule has 0 amide bonds. The van der Waals surface area contributed by atoms with Crippen LogP contribution >= 0.6 is 0 Å². The van der Waals surface area contributed by atoms with Crippen LogP contribution in [-0.4, -0.2) is 12.1 Å². The van der Waals surface area contributed by atoms with Crippen LogP contribution in [0.4, 0.5) is 0 Å². The van der Waals surface area contributed by atoms with Crippen molar-refractivity contribution in [2.75, 3.05) is 0 Å². The summed E-state index contributed by atoms with van der Waals surface area (Å²) in [4.78, 5) is 0. The maximum atomic E-state index is 6.26. The SMILES string of the molecule is Cc1ccc(CC(C)N)c(OC2CCCC2)c1C. The first kappa shape index (κ1) is 13.4. The van der Waals surface area contributed by atoms with Crippen molar-refractivity contribution in [1.29, 1.82) is 0 Å². The van der Waals surface area contributed by atoms with Gasteiger partial charge in [-0.3, -0.25) is 0 Å². The summed E-state index contributed by atoms with van der Waals surface area (Å²) in [6.07, 6.45) is 6.31. The molecule has 1 aromatic carbocycles. The van der Waals surface area contributed by atoms with Crippen LogP contribution < -0.4 is 10.5 Å². The van der Waals surface area contributed by atoms with E-state index in [0.29, 0.717) is 6.10 Å². The standard InChI is InChI=1S/C16H25NO/c1-11-8-9-14(10-12(2)17)16(13(11)3)18-15-6-4-5-7-15/h8-9,12,15H,4-7,10,17H2,1-3H3. The van der Waals surface area contributed by atoms with Crippen molar-refractivity contribution < 1.29 is 4.74 Å². The normalized spacial score (nSPS) is 18.0. The highest BCUT2D eigenvalue weighted by Gasteiger charge is 2.20. The zero-order valence-electron chi connectivity index (χ0n) is 11.8. The number of hydrogen-bond acceptors (Lipinski definition) is 2. The zero-order chi connectivity index (χ0) is 13.1. The molecule has 0 heterocycles. The first-order valence-corrected chi connectivity index (χ1v) is 7.09. The molecular weight excluding hydrogens is 222 g/mol. The maximum absolute atomic E-state index is 6.26. The third-order valence-corrected chi connectivity index (χ3v) is 3.89. The molecule has 1 aliphatic rings. The molecule has 1 fully saturated rings. The summed E-state index contributed by atoms with van der Waals surface area (Å²) in [5.74, 6) is 1.10. The van der Waals surface area contributed by atoms with Gasteiger partial charge in [0.15, 0.2) is 0 Å². The Kier molecular flexibility index (Phi) is 4.28. The minimum Gasteiger partial charge on any atom is -0.490 e. The number of nitrogens with two attached hydrogens (primary N) is 1. The monoisotopic (exact) mass is 247 g/mol. The van der Waals surface area contributed by atoms with Gasteiger partial charge in [-0.2, -0.15) is 0 Å². The van der Waals surface area contributed by atoms with Crippen LogP contribution in [0.15, 0.2) is 12.1 Å². The van der Waals surface area contributed by atoms with Gasteiger partial charge in [0.1, 0.15) is 5.75 Å². The summed E-state index contributed by atoms with van der Waals surface area (Å²) >= 11 is 0. The van der Waals surface area contributed by atoms with Crippen molar-refractivity contribution in [2.24, 2.45) is 5.73 Å². The molecule has 0 aliphatic heterocycles. The van der Waals surface area contributed by atoms with E-state index in [1.165, 1.54) is 42.4 Å². The van der Waals surface area contributed by atoms with Crippen molar-refractivity contribution in [3.8, 4) is 5.75 Å². The van der Waals surface area contributed by atoms with E-state index >= 15 is 0 Å². The molecule has 2 N–H and O–H groups in total. The molecule has 2 heteroatoms. The Morgan fingerprint density at radius 3 is 2.56 bits per heavy atom. The average Bonchev–Trinajstić information content (AvgIpc) is 2.81. The fraction of sp³-hybridized carbons (Fsp3) is 0.625. The molecule has 0 saturated heterocycles. The van der Waals surface area contributed by atoms with Gasteiger partial charge in [0.25, 0.3) is 0 Å². The molecule has 0 aromatic heterocycles. The summed E-state index contributed by atoms with van der Waals surface area (Å²) in [6, 6.07) is 4.53. The summed E-state index contributed by atoms with van der Waals surface area (Å²) in [5, 5.41) is 0. The highest BCUT2D eigenvalue weighted by Crippen LogP contribution is 2.31. The van der Waals surface area contributed by atoms with Crippen LogP contribution in [0.5, 0.6) is 5.75 Å². The predicted octanol–water partition coefficient (Wildman–Crippen LogP) is 3.51. The van der Waals surface area contributed by atoms with E-state index in [0.717, 1.165) is 12.2 Å². The topological polar surface area (TPSA) is 35.2 Å². The molecule has 0 radical (unpaired) electrons. The van der Waals surface area contributed by atoms with Gasteiger partial charge in [-0.1, -0.05) is 12.1 Å². The first-order chi connectivity index (χ1) is 8.58. The molecule has 0 spiro atoms. The summed E-state index contributed by atoms with van der Waals surface area (Å²) in [5.41, 5.74) is 9.78. The highest BCUT2D eigenvalue weighted by atomic mass is 16.5. The number of rotatable bonds is 4. The van der Waals surface area contributed by atoms with Gasteiger partial charge in [-0.25, -0.2) is 0 Å². The van der Waals surface area contributed by atoms with Crippen molar-refractivity contribution in [2.45, 2.75) is 65.0 Å². The lowest BCUT2D eigenvalue weighted by molar-refractivity contribution is 0.206. The molecule has 1 atom stereocenters. The van der Waals surface area contributed by atoms with Crippen LogP contribution in [-0.2, 0) is 6.42 Å². The number of aryl methyl sites for hydroxylation is 1. The molecular formula is C16H25NO. The second-order valence-electron chi connectivity index (χ2n) is 5.70. The average molecular weight is 247 g/mol. The zero-order valence-corrected chi connectivity index (χ0v) is 11.8. The Bertz CT molecular complexity index is 406. The van der Waals surface area contributed by atoms with Gasteiger partial charge >= 0.3 is 0 Å². The second-order valence-corrected chi connectivity index (χ2v) is 5.70. The van der Waals surface area contributed by atoms with Crippen LogP contribution in [0.1, 0.15) is 49.3 Å². The molecule has 18 heavy (non-hydrogen) atoms. The fourth-order valence-corrected chi connectivity index (χ4v) is 2.69. The van der Waals surface area contributed by atoms with Gasteiger partial charge in [0, 0.05) is 6.04 Å². The Hall–Kier alpha value is -1.02. The van der Waals surface area contributed by atoms with Gasteiger partial charge in [0.05, 0.1) is 6.10 Å². The highest BCUT2D eigenvalue weighted by molar-refractivity contribution is 5.45. The van der Waals surface area contributed by atoms with Gasteiger partial charge in [-0.05, 0) is 69.6 Å². The lowest BCUT2D eigenvalue weighted by Crippen LogP contribution is -2.20. The summed E-state index contributed by atoms with van der Waals surface area (Å²) in [6.45, 7) is 6.35. The molecule has 0 bridgehead atoms. The van der Waals surface area contributed by atoms with Crippen LogP contribution in [0, 0.1) is 13.8 Å². The number of benzene rings is 1. The fourth-order valence-electron chi connectivity index (χ4n) is 2.69. The first-order valence-electron chi connectivity index (χ1n) is 7.09. The van der Waals surface area contributed by atoms with E-state index < -0.39 is 0 Å². The van der Waals surface area contributed by atoms with E-state index in [1.807, 2.05) is 0 Å². The lowest BCUT2D eigenvalue weighted by atomic mass is 10.00. The van der Waals surface area contributed by atoms with Crippen molar-refractivity contribution in [1.82, 2.24) is 0 Å². The number of ether oxygens (including phenoxy) is 1. The maximum Gasteiger partial charge on any atom is 0.126 e. The Labute approximate surface area is 111 Å². The molecule has 2 nitrogen and oxygen atoms in total. The van der Waals surface area contributed by atoms with E-state index in [-0.39, 0.29) is 6.04 Å². The third kappa shape index (κ3) is 3.05. The van der Waals surface area contributed by atoms with E-state index in [1.54, 1.807) is 0 Å². The molecule has 1 saturated carbocycles. The van der Waals surface area contributed by atoms with Crippen molar-refractivity contribution in [3.63, 3.8) is 0 Å². The molecule has 1 aliphatic carbocycles. The Morgan fingerprint density at radius 1 is 1.28 bits per heavy atom. The largest absolute Gasteiger partial charge is 0.490 e. The van der Waals surface area contributed by atoms with Crippen LogP contribution in [0.2, 0.25) is 0 Å². The summed E-state index contributed by atoms with van der Waals surface area (Å²) < 4.78 is 6.26. The third-order valence-electron chi connectivity index (χ3n) is 3.89. The minimum atomic E-state index is 0.179. The smallest absolute Gasteiger partial charge is 0.126 e. The van der Waals surface area contributed by atoms with Crippen LogP contribution in [0.25, 0.3) is 0 Å². The predicted molar refractivity (Wildman–Crippen MR) is 76.2 cm³/mol. The van der Waals surface area contributed by atoms with Crippen molar-refractivity contribution in [3.05, 3.63) is 28.8 Å². The minimum absolute atomic E-state index is 0.179. The number of hydrogen-bond donors (Lipinski definition) is 1. The van der Waals surface area contributed by atoms with E-state index in [9.17, 15) is 0 Å². The lowest BCUT2D eigenvalue weighted by Gasteiger charge is -2.21. The Balaban J connectivity index is 2.25. The second kappa shape index (κ2) is 5.75. The Morgan fingerprint density at radius 2 is 1.94 bits per heavy atom. The molecule has 1 unspecified atom stereocenters. The molecule has 1 aromatic rings. The van der Waals surface area contributed by atoms with Gasteiger partial charge in [0.2, 0.25) is 0 Å². The van der Waals surface area contributed by atoms with E-state index in [2.05, 4.69) is 32.9 Å². The summed E-state index contributed by atoms with van der Waals surface area (Å²) in [7, 11) is 0. The quantitative estimate of drug-likeness (QED) is 0.883. The van der Waals surface area contributed by atoms with Crippen molar-refractivity contribution >= 4 is 0 Å². The van der Waals surface area contributed by atoms with Gasteiger partial charge in [-0.15, -0.1) is 0 Å². The van der Waals surface area contributed by atoms with Gasteiger partial charge < -0.3 is 10.5 Å². The van der Waals surface area contributed by atoms with E-state index in [4.69, 9.17) is 10.5 Å². The van der Waals surface area contributed by atoms with Crippen LogP contribution in [0.3, 0.4) is 0 Å². The molecule has 100 valence electrons. The molecule has 2 rings (SSSR count).